The highest BCUT2D eigenvalue weighted by molar-refractivity contribution is 14.1. The number of ether oxygens (including phenoxy) is 1. The van der Waals surface area contributed by atoms with Crippen LogP contribution in [0, 0.1) is 3.57 Å². The smallest absolute Gasteiger partial charge is 0.335 e. The van der Waals surface area contributed by atoms with Crippen LogP contribution in [-0.2, 0) is 9.59 Å². The topological polar surface area (TPSA) is 116 Å². The molecule has 0 aromatic heterocycles. The number of carboxylic acids is 1. The summed E-state index contributed by atoms with van der Waals surface area (Å²) >= 11 is 7.01. The first-order valence-corrected chi connectivity index (χ1v) is 9.53. The van der Waals surface area contributed by atoms with Crippen molar-refractivity contribution in [2.24, 2.45) is 0 Å². The van der Waals surface area contributed by atoms with Crippen molar-refractivity contribution >= 4 is 69.5 Å². The van der Waals surface area contributed by atoms with Crippen LogP contribution in [0.25, 0.3) is 6.08 Å². The zero-order chi connectivity index (χ0) is 21.3. The number of halogens is 1. The number of hydrogen-bond donors (Lipinski definition) is 3. The van der Waals surface area contributed by atoms with Crippen molar-refractivity contribution in [2.45, 2.75) is 0 Å². The lowest BCUT2D eigenvalue weighted by Gasteiger charge is -2.29. The van der Waals surface area contributed by atoms with Crippen LogP contribution in [-0.4, -0.2) is 40.2 Å². The van der Waals surface area contributed by atoms with Crippen LogP contribution in [0.1, 0.15) is 15.9 Å². The van der Waals surface area contributed by atoms with Gasteiger partial charge in [0.05, 0.1) is 21.9 Å². The predicted octanol–water partition coefficient (Wildman–Crippen LogP) is 2.53. The normalized spacial score (nSPS) is 15.4. The summed E-state index contributed by atoms with van der Waals surface area (Å²) in [6.45, 7) is 0. The molecule has 0 saturated carbocycles. The predicted molar refractivity (Wildman–Crippen MR) is 117 cm³/mol. The first kappa shape index (κ1) is 20.7. The average molecular weight is 524 g/mol. The third kappa shape index (κ3) is 4.07. The molecule has 0 radical (unpaired) electrons. The zero-order valence-electron chi connectivity index (χ0n) is 14.8. The summed E-state index contributed by atoms with van der Waals surface area (Å²) in [5.41, 5.74) is 0.430. The number of nitrogens with zero attached hydrogens (tertiary/aromatic N) is 1. The molecule has 29 heavy (non-hydrogen) atoms. The Morgan fingerprint density at radius 2 is 2.00 bits per heavy atom. The minimum absolute atomic E-state index is 0.0293. The van der Waals surface area contributed by atoms with Gasteiger partial charge in [-0.1, -0.05) is 6.07 Å². The second kappa shape index (κ2) is 8.17. The van der Waals surface area contributed by atoms with Gasteiger partial charge in [0.2, 0.25) is 0 Å². The summed E-state index contributed by atoms with van der Waals surface area (Å²) in [7, 11) is 1.39. The van der Waals surface area contributed by atoms with Crippen LogP contribution in [0.2, 0.25) is 0 Å². The highest BCUT2D eigenvalue weighted by atomic mass is 127. The highest BCUT2D eigenvalue weighted by Crippen LogP contribution is 2.33. The molecule has 1 aliphatic heterocycles. The monoisotopic (exact) mass is 524 g/mol. The fourth-order valence-electron chi connectivity index (χ4n) is 2.67. The Morgan fingerprint density at radius 3 is 2.66 bits per heavy atom. The number of methoxy groups -OCH3 is 1. The van der Waals surface area contributed by atoms with Crippen molar-refractivity contribution in [1.82, 2.24) is 5.32 Å². The number of phenolic OH excluding ortho intramolecular Hbond substituents is 1. The number of aromatic hydroxyl groups is 1. The van der Waals surface area contributed by atoms with Crippen LogP contribution in [0.4, 0.5) is 5.69 Å². The Labute approximate surface area is 183 Å². The largest absolute Gasteiger partial charge is 0.504 e. The van der Waals surface area contributed by atoms with Crippen molar-refractivity contribution in [3.8, 4) is 11.5 Å². The number of amides is 2. The molecule has 0 atom stereocenters. The van der Waals surface area contributed by atoms with Gasteiger partial charge in [0.1, 0.15) is 5.57 Å². The molecule has 10 heteroatoms. The standard InChI is InChI=1S/C19H13IN2O6S/c1-28-14-7-9(6-13(20)15(14)23)5-12-16(24)21-19(29)22(17(12)25)11-4-2-3-10(8-11)18(26)27/h2-8,23H,1H3,(H,26,27)(H,21,24,29). The fourth-order valence-corrected chi connectivity index (χ4v) is 3.58. The summed E-state index contributed by atoms with van der Waals surface area (Å²) in [6, 6.07) is 8.71. The average Bonchev–Trinajstić information content (AvgIpc) is 2.67. The van der Waals surface area contributed by atoms with E-state index in [0.29, 0.717) is 9.13 Å². The van der Waals surface area contributed by atoms with Crippen molar-refractivity contribution in [2.75, 3.05) is 12.0 Å². The Kier molecular flexibility index (Phi) is 5.84. The number of phenols is 1. The minimum atomic E-state index is -1.16. The first-order chi connectivity index (χ1) is 13.7. The zero-order valence-corrected chi connectivity index (χ0v) is 17.8. The number of carbonyl (C=O) groups excluding carboxylic acids is 2. The molecule has 3 rings (SSSR count). The van der Waals surface area contributed by atoms with Crippen molar-refractivity contribution in [3.63, 3.8) is 0 Å². The molecule has 0 aliphatic carbocycles. The van der Waals surface area contributed by atoms with Crippen LogP contribution >= 0.6 is 34.8 Å². The summed E-state index contributed by atoms with van der Waals surface area (Å²) < 4.78 is 5.57. The molecule has 1 fully saturated rings. The lowest BCUT2D eigenvalue weighted by molar-refractivity contribution is -0.122. The Balaban J connectivity index is 2.06. The third-order valence-corrected chi connectivity index (χ3v) is 5.14. The molecule has 2 amide bonds. The van der Waals surface area contributed by atoms with E-state index < -0.39 is 17.8 Å². The molecule has 0 spiro atoms. The molecule has 8 nitrogen and oxygen atoms in total. The van der Waals surface area contributed by atoms with E-state index in [1.165, 1.54) is 43.5 Å². The summed E-state index contributed by atoms with van der Waals surface area (Å²) in [4.78, 5) is 37.7. The van der Waals surface area contributed by atoms with Crippen LogP contribution in [0.15, 0.2) is 42.0 Å². The number of nitrogens with one attached hydrogen (secondary N) is 1. The van der Waals surface area contributed by atoms with E-state index in [1.807, 2.05) is 22.6 Å². The summed E-state index contributed by atoms with van der Waals surface area (Å²) in [6.07, 6.45) is 1.34. The van der Waals surface area contributed by atoms with Gasteiger partial charge in [0, 0.05) is 0 Å². The van der Waals surface area contributed by atoms with Crippen LogP contribution < -0.4 is 15.0 Å². The van der Waals surface area contributed by atoms with Gasteiger partial charge in [0.25, 0.3) is 11.8 Å². The van der Waals surface area contributed by atoms with E-state index in [0.717, 1.165) is 4.90 Å². The molecule has 2 aromatic rings. The van der Waals surface area contributed by atoms with Crippen molar-refractivity contribution in [3.05, 3.63) is 56.7 Å². The Hall–Kier alpha value is -2.99. The maximum Gasteiger partial charge on any atom is 0.335 e. The Morgan fingerprint density at radius 1 is 1.28 bits per heavy atom. The number of hydrogen-bond acceptors (Lipinski definition) is 6. The Bertz CT molecular complexity index is 1100. The minimum Gasteiger partial charge on any atom is -0.504 e. The summed E-state index contributed by atoms with van der Waals surface area (Å²) in [5, 5.41) is 21.4. The van der Waals surface area contributed by atoms with Gasteiger partial charge in [-0.3, -0.25) is 19.8 Å². The number of anilines is 1. The molecule has 3 N–H and O–H groups in total. The third-order valence-electron chi connectivity index (χ3n) is 4.03. The second-order valence-corrected chi connectivity index (χ2v) is 7.42. The van der Waals surface area contributed by atoms with Gasteiger partial charge in [-0.05, 0) is 76.8 Å². The van der Waals surface area contributed by atoms with Gasteiger partial charge < -0.3 is 14.9 Å². The SMILES string of the molecule is COc1cc(C=C2C(=O)NC(=S)N(c3cccc(C(=O)O)c3)C2=O)cc(I)c1O. The van der Waals surface area contributed by atoms with E-state index in [4.69, 9.17) is 17.0 Å². The fraction of sp³-hybridized carbons (Fsp3) is 0.0526. The maximum atomic E-state index is 13.0. The van der Waals surface area contributed by atoms with Gasteiger partial charge in [-0.25, -0.2) is 4.79 Å². The molecular weight excluding hydrogens is 511 g/mol. The van der Waals surface area contributed by atoms with Gasteiger partial charge in [-0.15, -0.1) is 0 Å². The van der Waals surface area contributed by atoms with Gasteiger partial charge >= 0.3 is 5.97 Å². The maximum absolute atomic E-state index is 13.0. The van der Waals surface area contributed by atoms with E-state index in [2.05, 4.69) is 5.32 Å². The number of benzene rings is 2. The molecule has 0 bridgehead atoms. The number of thiocarbonyl (C=S) groups is 1. The van der Waals surface area contributed by atoms with Crippen molar-refractivity contribution in [1.29, 1.82) is 0 Å². The lowest BCUT2D eigenvalue weighted by atomic mass is 10.1. The molecule has 1 saturated heterocycles. The van der Waals surface area contributed by atoms with E-state index in [9.17, 15) is 24.6 Å². The van der Waals surface area contributed by atoms with E-state index >= 15 is 0 Å². The van der Waals surface area contributed by atoms with E-state index in [1.54, 1.807) is 6.07 Å². The number of rotatable bonds is 4. The molecular formula is C19H13IN2O6S. The summed E-state index contributed by atoms with van der Waals surface area (Å²) in [5.74, 6) is -2.42. The molecule has 1 heterocycles. The lowest BCUT2D eigenvalue weighted by Crippen LogP contribution is -2.54. The second-order valence-electron chi connectivity index (χ2n) is 5.87. The van der Waals surface area contributed by atoms with Crippen LogP contribution in [0.5, 0.6) is 11.5 Å². The number of carbonyl (C=O) groups is 3. The molecule has 2 aromatic carbocycles. The molecule has 1 aliphatic rings. The van der Waals surface area contributed by atoms with Crippen LogP contribution in [0.3, 0.4) is 0 Å². The van der Waals surface area contributed by atoms with Gasteiger partial charge in [0.15, 0.2) is 16.6 Å². The highest BCUT2D eigenvalue weighted by Gasteiger charge is 2.34. The first-order valence-electron chi connectivity index (χ1n) is 8.04. The molecule has 0 unspecified atom stereocenters. The number of carboxylic acid groups (broad SMARTS) is 1. The van der Waals surface area contributed by atoms with Crippen molar-refractivity contribution < 1.29 is 29.3 Å². The van der Waals surface area contributed by atoms with E-state index in [-0.39, 0.29) is 33.4 Å². The number of aromatic carboxylic acids is 1. The van der Waals surface area contributed by atoms with Gasteiger partial charge in [-0.2, -0.15) is 0 Å². The quantitative estimate of drug-likeness (QED) is 0.244. The molecule has 148 valence electrons.